The van der Waals surface area contributed by atoms with E-state index in [9.17, 15) is 9.59 Å². The summed E-state index contributed by atoms with van der Waals surface area (Å²) in [6.07, 6.45) is 6.44. The summed E-state index contributed by atoms with van der Waals surface area (Å²) in [5.41, 5.74) is 6.99. The highest BCUT2D eigenvalue weighted by Crippen LogP contribution is 2.48. The summed E-state index contributed by atoms with van der Waals surface area (Å²) in [5, 5.41) is 3.68. The molecule has 0 bridgehead atoms. The van der Waals surface area contributed by atoms with Crippen LogP contribution in [0.2, 0.25) is 0 Å². The molecule has 0 radical (unpaired) electrons. The molecule has 1 spiro atoms. The molecule has 198 valence electrons. The number of aromatic nitrogens is 2. The van der Waals surface area contributed by atoms with Crippen LogP contribution < -0.4 is 10.9 Å². The summed E-state index contributed by atoms with van der Waals surface area (Å²) in [6, 6.07) is 26.2. The molecule has 1 heterocycles. The number of carbonyl (C=O) groups is 1. The fourth-order valence-corrected chi connectivity index (χ4v) is 7.04. The molecule has 2 N–H and O–H groups in total. The predicted octanol–water partition coefficient (Wildman–Crippen LogP) is 6.50. The third-order valence-electron chi connectivity index (χ3n) is 8.20. The largest absolute Gasteiger partial charge is 0.344 e. The number of amides is 1. The van der Waals surface area contributed by atoms with Gasteiger partial charge in [-0.2, -0.15) is 0 Å². The molecule has 6 rings (SSSR count). The van der Waals surface area contributed by atoms with Gasteiger partial charge < -0.3 is 10.3 Å². The minimum atomic E-state index is -0.253. The highest BCUT2D eigenvalue weighted by atomic mass is 32.2. The Labute approximate surface area is 233 Å². The van der Waals surface area contributed by atoms with Crippen molar-refractivity contribution in [3.63, 3.8) is 0 Å². The first kappa shape index (κ1) is 25.6. The Kier molecular flexibility index (Phi) is 7.13. The van der Waals surface area contributed by atoms with Gasteiger partial charge in [-0.25, -0.2) is 4.98 Å². The molecule has 0 aliphatic heterocycles. The number of H-pyrrole nitrogens is 1. The molecule has 1 saturated carbocycles. The van der Waals surface area contributed by atoms with E-state index in [0.717, 1.165) is 65.6 Å². The Hall–Kier alpha value is -3.64. The van der Waals surface area contributed by atoms with E-state index in [1.54, 1.807) is 0 Å². The van der Waals surface area contributed by atoms with Crippen LogP contribution in [0.5, 0.6) is 0 Å². The second-order valence-corrected chi connectivity index (χ2v) is 11.8. The van der Waals surface area contributed by atoms with Gasteiger partial charge in [0.25, 0.3) is 5.56 Å². The van der Waals surface area contributed by atoms with Crippen molar-refractivity contribution < 1.29 is 4.79 Å². The normalized spacial score (nSPS) is 15.5. The average molecular weight is 536 g/mol. The third kappa shape index (κ3) is 5.18. The topological polar surface area (TPSA) is 74.8 Å². The third-order valence-corrected chi connectivity index (χ3v) is 9.07. The maximum atomic E-state index is 13.6. The lowest BCUT2D eigenvalue weighted by Crippen LogP contribution is -2.41. The van der Waals surface area contributed by atoms with E-state index in [2.05, 4.69) is 35.4 Å². The van der Waals surface area contributed by atoms with Gasteiger partial charge in [0.05, 0.1) is 23.1 Å². The van der Waals surface area contributed by atoms with Gasteiger partial charge in [0.1, 0.15) is 0 Å². The van der Waals surface area contributed by atoms with Gasteiger partial charge in [-0.3, -0.25) is 9.59 Å². The van der Waals surface area contributed by atoms with Crippen LogP contribution in [-0.2, 0) is 16.6 Å². The molecule has 3 aromatic carbocycles. The zero-order valence-corrected chi connectivity index (χ0v) is 23.0. The second-order valence-electron chi connectivity index (χ2n) is 10.9. The SMILES string of the molecule is Cc1ccc2c(c1)-c1nc(SCC(=O)NC(c3ccccc3)c3ccccc3)[nH]c(=O)c1C1(CCCCC1)C2. The Morgan fingerprint density at radius 1 is 0.974 bits per heavy atom. The van der Waals surface area contributed by atoms with E-state index in [4.69, 9.17) is 4.98 Å². The molecule has 0 atom stereocenters. The number of rotatable bonds is 6. The Morgan fingerprint density at radius 3 is 2.31 bits per heavy atom. The lowest BCUT2D eigenvalue weighted by Gasteiger charge is -2.41. The van der Waals surface area contributed by atoms with Crippen molar-refractivity contribution in [2.24, 2.45) is 0 Å². The van der Waals surface area contributed by atoms with Crippen molar-refractivity contribution in [3.05, 3.63) is 117 Å². The smallest absolute Gasteiger partial charge is 0.255 e. The molecule has 0 saturated heterocycles. The first-order valence-corrected chi connectivity index (χ1v) is 14.8. The number of hydrogen-bond donors (Lipinski definition) is 2. The number of hydrogen-bond acceptors (Lipinski definition) is 4. The van der Waals surface area contributed by atoms with Crippen molar-refractivity contribution in [1.29, 1.82) is 0 Å². The number of benzene rings is 3. The summed E-state index contributed by atoms with van der Waals surface area (Å²) in [6.45, 7) is 2.08. The Morgan fingerprint density at radius 2 is 1.64 bits per heavy atom. The first-order chi connectivity index (χ1) is 19.0. The zero-order valence-electron chi connectivity index (χ0n) is 22.2. The van der Waals surface area contributed by atoms with Crippen LogP contribution in [0.1, 0.15) is 66.0 Å². The average Bonchev–Trinajstić information content (AvgIpc) is 2.96. The molecule has 1 fully saturated rings. The number of aryl methyl sites for hydroxylation is 1. The quantitative estimate of drug-likeness (QED) is 0.218. The van der Waals surface area contributed by atoms with Gasteiger partial charge >= 0.3 is 0 Å². The standard InChI is InChI=1S/C33H33N3O2S/c1-22-15-16-25-20-33(17-9-4-10-18-33)28-30(26(25)19-22)35-32(36-31(28)38)39-21-27(37)34-29(23-11-5-2-6-12-23)24-13-7-3-8-14-24/h2-3,5-8,11-16,19,29H,4,9-10,17-18,20-21H2,1H3,(H,34,37)(H,35,36,38). The lowest BCUT2D eigenvalue weighted by atomic mass is 9.62. The van der Waals surface area contributed by atoms with Crippen LogP contribution in [0.25, 0.3) is 11.3 Å². The number of thioether (sulfide) groups is 1. The molecule has 1 amide bonds. The molecule has 6 heteroatoms. The summed E-state index contributed by atoms with van der Waals surface area (Å²) < 4.78 is 0. The van der Waals surface area contributed by atoms with Gasteiger partial charge in [-0.1, -0.05) is 109 Å². The molecule has 1 aromatic heterocycles. The molecule has 5 nitrogen and oxygen atoms in total. The molecule has 4 aromatic rings. The molecule has 0 unspecified atom stereocenters. The van der Waals surface area contributed by atoms with E-state index < -0.39 is 0 Å². The predicted molar refractivity (Wildman–Crippen MR) is 157 cm³/mol. The number of aromatic amines is 1. The number of fused-ring (bicyclic) bond motifs is 4. The maximum Gasteiger partial charge on any atom is 0.255 e. The van der Waals surface area contributed by atoms with Crippen molar-refractivity contribution in [2.75, 3.05) is 5.75 Å². The summed E-state index contributed by atoms with van der Waals surface area (Å²) >= 11 is 1.28. The van der Waals surface area contributed by atoms with Gasteiger partial charge in [0.2, 0.25) is 5.91 Å². The second kappa shape index (κ2) is 10.9. The van der Waals surface area contributed by atoms with Crippen LogP contribution in [0, 0.1) is 6.92 Å². The van der Waals surface area contributed by atoms with Gasteiger partial charge in [0.15, 0.2) is 5.16 Å². The first-order valence-electron chi connectivity index (χ1n) is 13.8. The fourth-order valence-electron chi connectivity index (χ4n) is 6.37. The monoisotopic (exact) mass is 535 g/mol. The number of carbonyl (C=O) groups excluding carboxylic acids is 1. The number of nitrogens with zero attached hydrogens (tertiary/aromatic N) is 1. The Bertz CT molecular complexity index is 1500. The van der Waals surface area contributed by atoms with Crippen molar-refractivity contribution in [3.8, 4) is 11.3 Å². The summed E-state index contributed by atoms with van der Waals surface area (Å²) in [4.78, 5) is 34.9. The molecule has 2 aliphatic carbocycles. The van der Waals surface area contributed by atoms with E-state index >= 15 is 0 Å². The van der Waals surface area contributed by atoms with Gasteiger partial charge in [-0.05, 0) is 48.9 Å². The zero-order chi connectivity index (χ0) is 26.8. The highest BCUT2D eigenvalue weighted by molar-refractivity contribution is 7.99. The molecular weight excluding hydrogens is 502 g/mol. The van der Waals surface area contributed by atoms with Crippen molar-refractivity contribution in [1.82, 2.24) is 15.3 Å². The molecule has 2 aliphatic rings. The van der Waals surface area contributed by atoms with Gasteiger partial charge in [0, 0.05) is 11.0 Å². The Balaban J connectivity index is 1.27. The van der Waals surface area contributed by atoms with E-state index in [1.165, 1.54) is 23.7 Å². The maximum absolute atomic E-state index is 13.6. The van der Waals surface area contributed by atoms with Crippen molar-refractivity contribution in [2.45, 2.75) is 62.1 Å². The molecule has 39 heavy (non-hydrogen) atoms. The van der Waals surface area contributed by atoms with E-state index in [-0.39, 0.29) is 28.7 Å². The number of nitrogens with one attached hydrogen (secondary N) is 2. The van der Waals surface area contributed by atoms with E-state index in [1.807, 2.05) is 60.7 Å². The summed E-state index contributed by atoms with van der Waals surface area (Å²) in [5.74, 6) is 0.0436. The minimum Gasteiger partial charge on any atom is -0.344 e. The summed E-state index contributed by atoms with van der Waals surface area (Å²) in [7, 11) is 0. The fraction of sp³-hybridized carbons (Fsp3) is 0.303. The van der Waals surface area contributed by atoms with Crippen LogP contribution in [0.15, 0.2) is 88.8 Å². The molecular formula is C33H33N3O2S. The highest BCUT2D eigenvalue weighted by Gasteiger charge is 2.42. The van der Waals surface area contributed by atoms with Crippen LogP contribution >= 0.6 is 11.8 Å². The van der Waals surface area contributed by atoms with Crippen molar-refractivity contribution >= 4 is 17.7 Å². The van der Waals surface area contributed by atoms with Crippen LogP contribution in [0.4, 0.5) is 0 Å². The van der Waals surface area contributed by atoms with E-state index in [0.29, 0.717) is 5.16 Å². The van der Waals surface area contributed by atoms with Crippen LogP contribution in [0.3, 0.4) is 0 Å². The lowest BCUT2D eigenvalue weighted by molar-refractivity contribution is -0.119. The van der Waals surface area contributed by atoms with Crippen LogP contribution in [-0.4, -0.2) is 21.6 Å². The minimum absolute atomic E-state index is 0.0524. The van der Waals surface area contributed by atoms with Gasteiger partial charge in [-0.15, -0.1) is 0 Å².